The number of fused-ring (bicyclic) bond motifs is 2. The van der Waals surface area contributed by atoms with E-state index in [0.717, 1.165) is 6.42 Å². The van der Waals surface area contributed by atoms with Crippen LogP contribution in [0.4, 0.5) is 0 Å². The zero-order valence-electron chi connectivity index (χ0n) is 16.5. The van der Waals surface area contributed by atoms with Crippen molar-refractivity contribution in [3.05, 3.63) is 0 Å². The van der Waals surface area contributed by atoms with Crippen molar-refractivity contribution in [3.63, 3.8) is 0 Å². The van der Waals surface area contributed by atoms with E-state index >= 15 is 0 Å². The molecule has 2 N–H and O–H groups in total. The Labute approximate surface area is 153 Å². The molecular formula is C20H37N3O2. The minimum absolute atomic E-state index is 0.120. The van der Waals surface area contributed by atoms with E-state index in [9.17, 15) is 9.59 Å². The first-order valence-corrected chi connectivity index (χ1v) is 10.1. The third-order valence-electron chi connectivity index (χ3n) is 6.20. The second-order valence-electron chi connectivity index (χ2n) is 8.52. The monoisotopic (exact) mass is 351 g/mol. The van der Waals surface area contributed by atoms with Crippen molar-refractivity contribution < 1.29 is 9.59 Å². The number of nitrogens with zero attached hydrogens (tertiary/aromatic N) is 1. The maximum Gasteiger partial charge on any atom is 0.220 e. The van der Waals surface area contributed by atoms with Gasteiger partial charge in [-0.25, -0.2) is 0 Å². The van der Waals surface area contributed by atoms with Gasteiger partial charge in [-0.15, -0.1) is 0 Å². The average molecular weight is 352 g/mol. The smallest absolute Gasteiger partial charge is 0.220 e. The van der Waals surface area contributed by atoms with Gasteiger partial charge in [0.1, 0.15) is 0 Å². The van der Waals surface area contributed by atoms with Crippen LogP contribution in [0.15, 0.2) is 0 Å². The Balaban J connectivity index is 1.59. The van der Waals surface area contributed by atoms with Crippen LogP contribution in [0, 0.1) is 17.8 Å². The maximum absolute atomic E-state index is 12.2. The summed E-state index contributed by atoms with van der Waals surface area (Å²) in [6, 6.07) is 1.38. The molecule has 5 nitrogen and oxygen atoms in total. The van der Waals surface area contributed by atoms with Crippen LogP contribution in [0.3, 0.4) is 0 Å². The highest BCUT2D eigenvalue weighted by molar-refractivity contribution is 5.76. The predicted octanol–water partition coefficient (Wildman–Crippen LogP) is 2.55. The van der Waals surface area contributed by atoms with Crippen molar-refractivity contribution in [2.24, 2.45) is 17.8 Å². The molecule has 144 valence electrons. The Morgan fingerprint density at radius 2 is 1.56 bits per heavy atom. The minimum Gasteiger partial charge on any atom is -0.356 e. The molecule has 25 heavy (non-hydrogen) atoms. The molecule has 2 bridgehead atoms. The van der Waals surface area contributed by atoms with Gasteiger partial charge in [0.25, 0.3) is 0 Å². The molecule has 0 saturated carbocycles. The molecule has 2 aliphatic rings. The number of hydrogen-bond donors (Lipinski definition) is 2. The Morgan fingerprint density at radius 1 is 1.00 bits per heavy atom. The van der Waals surface area contributed by atoms with E-state index in [1.807, 2.05) is 0 Å². The Hall–Kier alpha value is -1.10. The molecule has 2 amide bonds. The standard InChI is InChI=1S/C20H37N3O2/c1-5-14(2)8-19(24)21-12-15(3)13-22-20(25)11-16-9-17-6-7-18(10-16)23(17)4/h14-18H,5-13H2,1-4H3,(H,21,24)(H,22,25). The second-order valence-corrected chi connectivity index (χ2v) is 8.52. The molecule has 0 spiro atoms. The van der Waals surface area contributed by atoms with Crippen LogP contribution in [0.5, 0.6) is 0 Å². The van der Waals surface area contributed by atoms with Gasteiger partial charge in [0, 0.05) is 38.0 Å². The van der Waals surface area contributed by atoms with E-state index in [1.165, 1.54) is 25.7 Å². The predicted molar refractivity (Wildman–Crippen MR) is 101 cm³/mol. The SMILES string of the molecule is CCC(C)CC(=O)NCC(C)CNC(=O)CC1CC2CCC(C1)N2C. The van der Waals surface area contributed by atoms with Gasteiger partial charge >= 0.3 is 0 Å². The molecule has 4 unspecified atom stereocenters. The van der Waals surface area contributed by atoms with Crippen molar-refractivity contribution in [1.82, 2.24) is 15.5 Å². The number of rotatable bonds is 9. The van der Waals surface area contributed by atoms with Crippen LogP contribution in [-0.4, -0.2) is 48.9 Å². The maximum atomic E-state index is 12.2. The van der Waals surface area contributed by atoms with E-state index in [-0.39, 0.29) is 17.7 Å². The number of hydrogen-bond acceptors (Lipinski definition) is 3. The van der Waals surface area contributed by atoms with Crippen molar-refractivity contribution in [3.8, 4) is 0 Å². The molecule has 0 aromatic carbocycles. The molecule has 2 fully saturated rings. The summed E-state index contributed by atoms with van der Waals surface area (Å²) in [6.45, 7) is 7.54. The van der Waals surface area contributed by atoms with Crippen LogP contribution < -0.4 is 10.6 Å². The van der Waals surface area contributed by atoms with Gasteiger partial charge in [-0.05, 0) is 50.5 Å². The first-order chi connectivity index (χ1) is 11.9. The van der Waals surface area contributed by atoms with Gasteiger partial charge in [-0.3, -0.25) is 9.59 Å². The normalized spacial score (nSPS) is 28.4. The molecule has 2 heterocycles. The van der Waals surface area contributed by atoms with Crippen LogP contribution in [0.1, 0.15) is 65.7 Å². The number of amides is 2. The highest BCUT2D eigenvalue weighted by Gasteiger charge is 2.38. The third-order valence-corrected chi connectivity index (χ3v) is 6.20. The van der Waals surface area contributed by atoms with Gasteiger partial charge in [-0.2, -0.15) is 0 Å². The number of nitrogens with one attached hydrogen (secondary N) is 2. The molecule has 0 aromatic rings. The summed E-state index contributed by atoms with van der Waals surface area (Å²) in [5.41, 5.74) is 0. The summed E-state index contributed by atoms with van der Waals surface area (Å²) in [4.78, 5) is 26.6. The summed E-state index contributed by atoms with van der Waals surface area (Å²) < 4.78 is 0. The Kier molecular flexibility index (Phi) is 7.73. The largest absolute Gasteiger partial charge is 0.356 e. The zero-order valence-corrected chi connectivity index (χ0v) is 16.5. The first kappa shape index (κ1) is 20.2. The van der Waals surface area contributed by atoms with Gasteiger partial charge in [0.2, 0.25) is 11.8 Å². The molecule has 0 aromatic heterocycles. The molecule has 0 aliphatic carbocycles. The number of carbonyl (C=O) groups is 2. The van der Waals surface area contributed by atoms with E-state index in [2.05, 4.69) is 43.4 Å². The average Bonchev–Trinajstić information content (AvgIpc) is 2.79. The highest BCUT2D eigenvalue weighted by Crippen LogP contribution is 2.38. The molecule has 2 saturated heterocycles. The van der Waals surface area contributed by atoms with Crippen molar-refractivity contribution in [2.45, 2.75) is 77.8 Å². The highest BCUT2D eigenvalue weighted by atomic mass is 16.2. The molecular weight excluding hydrogens is 314 g/mol. The summed E-state index contributed by atoms with van der Waals surface area (Å²) in [6.07, 6.45) is 7.21. The van der Waals surface area contributed by atoms with Crippen molar-refractivity contribution in [2.75, 3.05) is 20.1 Å². The summed E-state index contributed by atoms with van der Waals surface area (Å²) in [5, 5.41) is 6.04. The molecule has 4 atom stereocenters. The zero-order chi connectivity index (χ0) is 18.4. The van der Waals surface area contributed by atoms with E-state index in [4.69, 9.17) is 0 Å². The van der Waals surface area contributed by atoms with E-state index in [1.54, 1.807) is 0 Å². The second kappa shape index (κ2) is 9.56. The first-order valence-electron chi connectivity index (χ1n) is 10.1. The van der Waals surface area contributed by atoms with Gasteiger partial charge in [-0.1, -0.05) is 27.2 Å². The lowest BCUT2D eigenvalue weighted by molar-refractivity contribution is -0.122. The summed E-state index contributed by atoms with van der Waals surface area (Å²) in [7, 11) is 2.23. The van der Waals surface area contributed by atoms with Gasteiger partial charge in [0.15, 0.2) is 0 Å². The molecule has 2 aliphatic heterocycles. The van der Waals surface area contributed by atoms with Gasteiger partial charge < -0.3 is 15.5 Å². The van der Waals surface area contributed by atoms with E-state index in [0.29, 0.717) is 49.9 Å². The van der Waals surface area contributed by atoms with Gasteiger partial charge in [0.05, 0.1) is 0 Å². The molecule has 2 rings (SSSR count). The molecule has 5 heteroatoms. The van der Waals surface area contributed by atoms with Crippen LogP contribution in [0.25, 0.3) is 0 Å². The lowest BCUT2D eigenvalue weighted by Gasteiger charge is -2.36. The lowest BCUT2D eigenvalue weighted by atomic mass is 9.88. The Bertz CT molecular complexity index is 440. The van der Waals surface area contributed by atoms with Crippen LogP contribution in [0.2, 0.25) is 0 Å². The van der Waals surface area contributed by atoms with Crippen LogP contribution >= 0.6 is 0 Å². The third kappa shape index (κ3) is 6.28. The molecule has 0 radical (unpaired) electrons. The summed E-state index contributed by atoms with van der Waals surface area (Å²) >= 11 is 0. The quantitative estimate of drug-likeness (QED) is 0.671. The van der Waals surface area contributed by atoms with E-state index < -0.39 is 0 Å². The Morgan fingerprint density at radius 3 is 2.12 bits per heavy atom. The van der Waals surface area contributed by atoms with Crippen LogP contribution in [-0.2, 0) is 9.59 Å². The van der Waals surface area contributed by atoms with Crippen molar-refractivity contribution in [1.29, 1.82) is 0 Å². The number of piperidine rings is 1. The topological polar surface area (TPSA) is 61.4 Å². The minimum atomic E-state index is 0.120. The lowest BCUT2D eigenvalue weighted by Crippen LogP contribution is -2.41. The summed E-state index contributed by atoms with van der Waals surface area (Å²) in [5.74, 6) is 1.53. The number of carbonyl (C=O) groups excluding carboxylic acids is 2. The fourth-order valence-electron chi connectivity index (χ4n) is 4.21. The van der Waals surface area contributed by atoms with Crippen molar-refractivity contribution >= 4 is 11.8 Å². The fraction of sp³-hybridized carbons (Fsp3) is 0.900. The fourth-order valence-corrected chi connectivity index (χ4v) is 4.21.